The van der Waals surface area contributed by atoms with Crippen molar-refractivity contribution in [3.63, 3.8) is 0 Å². The highest BCUT2D eigenvalue weighted by Gasteiger charge is 2.26. The van der Waals surface area contributed by atoms with Gasteiger partial charge in [0.1, 0.15) is 0 Å². The van der Waals surface area contributed by atoms with Gasteiger partial charge in [-0.05, 0) is 43.4 Å². The average molecular weight is 362 g/mol. The number of nitrogens with one attached hydrogen (secondary N) is 1. The quantitative estimate of drug-likeness (QED) is 0.769. The number of hydrogen-bond donors (Lipinski definition) is 1. The van der Waals surface area contributed by atoms with Crippen LogP contribution in [0.2, 0.25) is 0 Å². The molecule has 6 nitrogen and oxygen atoms in total. The summed E-state index contributed by atoms with van der Waals surface area (Å²) in [4.78, 5) is 29.8. The lowest BCUT2D eigenvalue weighted by atomic mass is 9.94. The normalized spacial score (nSPS) is 14.5. The van der Waals surface area contributed by atoms with Gasteiger partial charge in [0.15, 0.2) is 0 Å². The van der Waals surface area contributed by atoms with Gasteiger partial charge in [-0.25, -0.2) is 9.59 Å². The van der Waals surface area contributed by atoms with Crippen molar-refractivity contribution in [1.29, 1.82) is 0 Å². The van der Waals surface area contributed by atoms with Gasteiger partial charge in [-0.15, -0.1) is 5.48 Å². The number of carbonyl (C=O) groups is 2. The molecule has 26 heavy (non-hydrogen) atoms. The maximum atomic E-state index is 12.1. The lowest BCUT2D eigenvalue weighted by Crippen LogP contribution is -2.45. The van der Waals surface area contributed by atoms with Crippen LogP contribution in [0.1, 0.15) is 58.8 Å². The second-order valence-electron chi connectivity index (χ2n) is 6.61. The van der Waals surface area contributed by atoms with E-state index < -0.39 is 12.2 Å². The van der Waals surface area contributed by atoms with Gasteiger partial charge >= 0.3 is 12.2 Å². The van der Waals surface area contributed by atoms with Crippen LogP contribution in [0.25, 0.3) is 11.1 Å². The first-order valence-electron chi connectivity index (χ1n) is 9.66. The molecule has 0 aromatic heterocycles. The van der Waals surface area contributed by atoms with Crippen LogP contribution in [0.5, 0.6) is 0 Å². The van der Waals surface area contributed by atoms with E-state index in [1.54, 1.807) is 11.8 Å². The molecule has 0 spiro atoms. The number of hydroxylamine groups is 1. The molecule has 0 unspecified atom stereocenters. The van der Waals surface area contributed by atoms with E-state index in [2.05, 4.69) is 35.9 Å². The van der Waals surface area contributed by atoms with Crippen molar-refractivity contribution in [2.75, 3.05) is 13.2 Å². The third-order valence-electron chi connectivity index (χ3n) is 4.61. The SMILES string of the molecule is CCCCN(C(=O)ONC(=O)OCC)C1CCCCC1.c1cc2cc-2c1. The van der Waals surface area contributed by atoms with Gasteiger partial charge in [0, 0.05) is 12.6 Å². The molecule has 0 bridgehead atoms. The van der Waals surface area contributed by atoms with Crippen molar-refractivity contribution >= 4 is 12.2 Å². The van der Waals surface area contributed by atoms with E-state index in [-0.39, 0.29) is 12.6 Å². The zero-order valence-electron chi connectivity index (χ0n) is 15.8. The van der Waals surface area contributed by atoms with Crippen molar-refractivity contribution in [3.05, 3.63) is 24.3 Å². The summed E-state index contributed by atoms with van der Waals surface area (Å²) >= 11 is 0. The van der Waals surface area contributed by atoms with Crippen LogP contribution in [0.4, 0.5) is 9.59 Å². The summed E-state index contributed by atoms with van der Waals surface area (Å²) in [5, 5.41) is 0. The van der Waals surface area contributed by atoms with Crippen LogP contribution in [0.15, 0.2) is 24.3 Å². The molecule has 1 N–H and O–H groups in total. The Labute approximate surface area is 155 Å². The van der Waals surface area contributed by atoms with Crippen LogP contribution < -0.4 is 5.48 Å². The fourth-order valence-electron chi connectivity index (χ4n) is 3.12. The van der Waals surface area contributed by atoms with Crippen molar-refractivity contribution in [3.8, 4) is 11.1 Å². The van der Waals surface area contributed by atoms with Crippen LogP contribution in [-0.4, -0.2) is 36.3 Å². The fourth-order valence-corrected chi connectivity index (χ4v) is 3.12. The standard InChI is InChI=1S/C14H26N2O4.C6H4/c1-3-5-11-16(12-9-7-6-8-10-12)14(18)20-15-13(17)19-4-2;1-2-5-4-6(5)3-1/h12H,3-11H2,1-2H3,(H,15,17);1-4H. The van der Waals surface area contributed by atoms with Gasteiger partial charge in [0.05, 0.1) is 6.61 Å². The van der Waals surface area contributed by atoms with E-state index in [0.717, 1.165) is 38.5 Å². The lowest BCUT2D eigenvalue weighted by molar-refractivity contribution is 0.0304. The van der Waals surface area contributed by atoms with Crippen LogP contribution in [-0.2, 0) is 9.57 Å². The molecule has 3 rings (SSSR count). The number of amides is 2. The van der Waals surface area contributed by atoms with E-state index in [1.807, 2.05) is 5.48 Å². The number of ether oxygens (including phenoxy) is 1. The minimum absolute atomic E-state index is 0.229. The van der Waals surface area contributed by atoms with Crippen molar-refractivity contribution < 1.29 is 19.2 Å². The monoisotopic (exact) mass is 362 g/mol. The van der Waals surface area contributed by atoms with Crippen LogP contribution >= 0.6 is 0 Å². The Morgan fingerprint density at radius 3 is 2.35 bits per heavy atom. The first kappa shape index (κ1) is 20.1. The molecular weight excluding hydrogens is 332 g/mol. The highest BCUT2D eigenvalue weighted by atomic mass is 16.7. The highest BCUT2D eigenvalue weighted by molar-refractivity contribution is 5.80. The predicted molar refractivity (Wildman–Crippen MR) is 101 cm³/mol. The maximum absolute atomic E-state index is 12.1. The molecular formula is C20H30N2O4. The molecule has 3 aliphatic rings. The van der Waals surface area contributed by atoms with Gasteiger partial charge in [0.2, 0.25) is 0 Å². The zero-order valence-corrected chi connectivity index (χ0v) is 15.8. The molecule has 1 fully saturated rings. The minimum atomic E-state index is -0.736. The van der Waals surface area contributed by atoms with E-state index in [1.165, 1.54) is 17.5 Å². The second kappa shape index (κ2) is 10.7. The molecule has 3 aliphatic carbocycles. The minimum Gasteiger partial charge on any atom is -0.448 e. The average Bonchev–Trinajstić information content (AvgIpc) is 3.27. The Balaban J connectivity index is 0.000000331. The summed E-state index contributed by atoms with van der Waals surface area (Å²) < 4.78 is 4.65. The summed E-state index contributed by atoms with van der Waals surface area (Å²) in [5.74, 6) is 0. The summed E-state index contributed by atoms with van der Waals surface area (Å²) in [5.41, 5.74) is 4.88. The van der Waals surface area contributed by atoms with Gasteiger partial charge in [-0.1, -0.05) is 50.8 Å². The number of rotatable bonds is 5. The molecule has 0 radical (unpaired) electrons. The number of nitrogens with zero attached hydrogens (tertiary/aromatic N) is 1. The lowest BCUT2D eigenvalue weighted by Gasteiger charge is -2.33. The number of carbonyl (C=O) groups excluding carboxylic acids is 2. The Bertz CT molecular complexity index is 568. The van der Waals surface area contributed by atoms with Crippen LogP contribution in [0, 0.1) is 0 Å². The van der Waals surface area contributed by atoms with Gasteiger partial charge in [-0.2, -0.15) is 0 Å². The topological polar surface area (TPSA) is 67.9 Å². The summed E-state index contributed by atoms with van der Waals surface area (Å²) in [6.45, 7) is 4.69. The Morgan fingerprint density at radius 1 is 1.15 bits per heavy atom. The van der Waals surface area contributed by atoms with E-state index in [9.17, 15) is 9.59 Å². The maximum Gasteiger partial charge on any atom is 0.440 e. The molecule has 0 aliphatic heterocycles. The number of benzene rings is 1. The van der Waals surface area contributed by atoms with Crippen molar-refractivity contribution in [1.82, 2.24) is 10.4 Å². The Kier molecular flexibility index (Phi) is 8.25. The van der Waals surface area contributed by atoms with E-state index in [4.69, 9.17) is 4.84 Å². The number of hydrogen-bond acceptors (Lipinski definition) is 4. The van der Waals surface area contributed by atoms with Gasteiger partial charge in [-0.3, -0.25) is 0 Å². The molecule has 144 valence electrons. The largest absolute Gasteiger partial charge is 0.448 e. The second-order valence-corrected chi connectivity index (χ2v) is 6.61. The van der Waals surface area contributed by atoms with Gasteiger partial charge < -0.3 is 14.5 Å². The predicted octanol–water partition coefficient (Wildman–Crippen LogP) is 4.89. The molecule has 6 heteroatoms. The Hall–Kier alpha value is -2.24. The van der Waals surface area contributed by atoms with Crippen LogP contribution in [0.3, 0.4) is 0 Å². The molecule has 0 aromatic carbocycles. The first-order valence-corrected chi connectivity index (χ1v) is 9.66. The number of unbranched alkanes of at least 4 members (excludes halogenated alkanes) is 1. The highest BCUT2D eigenvalue weighted by Crippen LogP contribution is 2.32. The summed E-state index contributed by atoms with van der Waals surface area (Å²) in [6, 6.07) is 8.71. The molecule has 0 aromatic rings. The molecule has 1 saturated carbocycles. The van der Waals surface area contributed by atoms with Crippen molar-refractivity contribution in [2.45, 2.75) is 64.8 Å². The van der Waals surface area contributed by atoms with Crippen molar-refractivity contribution in [2.24, 2.45) is 0 Å². The third-order valence-corrected chi connectivity index (χ3v) is 4.61. The van der Waals surface area contributed by atoms with E-state index >= 15 is 0 Å². The zero-order chi connectivity index (χ0) is 18.8. The molecule has 0 heterocycles. The molecule has 0 saturated heterocycles. The molecule has 2 amide bonds. The first-order chi connectivity index (χ1) is 12.7. The van der Waals surface area contributed by atoms with E-state index in [0.29, 0.717) is 6.54 Å². The smallest absolute Gasteiger partial charge is 0.440 e. The fraction of sp³-hybridized carbons (Fsp3) is 0.600. The summed E-state index contributed by atoms with van der Waals surface area (Å²) in [7, 11) is 0. The Morgan fingerprint density at radius 2 is 1.85 bits per heavy atom. The molecule has 0 atom stereocenters. The summed E-state index contributed by atoms with van der Waals surface area (Å²) in [6.07, 6.45) is 6.27. The number of fused-ring (bicyclic) bond motifs is 1. The van der Waals surface area contributed by atoms with Gasteiger partial charge in [0.25, 0.3) is 0 Å². The third kappa shape index (κ3) is 6.58.